The van der Waals surface area contributed by atoms with Gasteiger partial charge in [-0.2, -0.15) is 0 Å². The van der Waals surface area contributed by atoms with Gasteiger partial charge in [0, 0.05) is 11.1 Å². The normalized spacial score (nSPS) is 10.9. The molecule has 0 aliphatic rings. The molecule has 1 heteroatoms. The fourth-order valence-corrected chi connectivity index (χ4v) is 6.77. The fourth-order valence-electron chi connectivity index (χ4n) is 6.77. The molecule has 8 aromatic rings. The van der Waals surface area contributed by atoms with Gasteiger partial charge in [-0.15, -0.1) is 6.58 Å². The summed E-state index contributed by atoms with van der Waals surface area (Å²) in [6, 6.07) is 69.4. The molecule has 1 aromatic heterocycles. The van der Waals surface area contributed by atoms with Crippen molar-refractivity contribution in [2.75, 3.05) is 0 Å². The van der Waals surface area contributed by atoms with E-state index in [0.29, 0.717) is 0 Å². The first kappa shape index (κ1) is 31.7. The van der Waals surface area contributed by atoms with Crippen LogP contribution in [-0.2, 0) is 6.42 Å². The van der Waals surface area contributed by atoms with Crippen LogP contribution < -0.4 is 0 Å². The topological polar surface area (TPSA) is 12.9 Å². The summed E-state index contributed by atoms with van der Waals surface area (Å²) < 4.78 is 0. The Balaban J connectivity index is 1.12. The average Bonchev–Trinajstić information content (AvgIpc) is 3.22. The van der Waals surface area contributed by atoms with Gasteiger partial charge in [-0.1, -0.05) is 164 Å². The van der Waals surface area contributed by atoms with E-state index in [1.807, 2.05) is 18.2 Å². The maximum Gasteiger partial charge on any atom is 0.0715 e. The predicted octanol–water partition coefficient (Wildman–Crippen LogP) is 13.5. The minimum atomic E-state index is 0.868. The Hall–Kier alpha value is -6.57. The van der Waals surface area contributed by atoms with Crippen LogP contribution in [0.1, 0.15) is 5.56 Å². The van der Waals surface area contributed by atoms with Gasteiger partial charge in [-0.25, -0.2) is 4.98 Å². The molecule has 0 fully saturated rings. The fraction of sp³-hybridized carbons (Fsp3) is 0.0200. The van der Waals surface area contributed by atoms with Gasteiger partial charge in [-0.05, 0) is 104 Å². The lowest BCUT2D eigenvalue weighted by molar-refractivity contribution is 1.28. The first-order valence-corrected chi connectivity index (χ1v) is 17.5. The van der Waals surface area contributed by atoms with Crippen molar-refractivity contribution < 1.29 is 0 Å². The van der Waals surface area contributed by atoms with Crippen LogP contribution in [-0.4, -0.2) is 4.98 Å². The van der Waals surface area contributed by atoms with E-state index in [-0.39, 0.29) is 0 Å². The van der Waals surface area contributed by atoms with Crippen molar-refractivity contribution in [2.24, 2.45) is 0 Å². The third kappa shape index (κ3) is 7.11. The molecule has 0 radical (unpaired) electrons. The molecular weight excluding hydrogens is 615 g/mol. The molecule has 0 aliphatic carbocycles. The van der Waals surface area contributed by atoms with E-state index < -0.39 is 0 Å². The van der Waals surface area contributed by atoms with Gasteiger partial charge in [0.1, 0.15) is 0 Å². The molecule has 8 rings (SSSR count). The maximum absolute atomic E-state index is 5.08. The first-order valence-electron chi connectivity index (χ1n) is 17.5. The van der Waals surface area contributed by atoms with Crippen LogP contribution in [0.25, 0.3) is 78.1 Å². The summed E-state index contributed by atoms with van der Waals surface area (Å²) in [6.45, 7) is 3.91. The molecule has 0 spiro atoms. The smallest absolute Gasteiger partial charge is 0.0715 e. The number of rotatable bonds is 9. The summed E-state index contributed by atoms with van der Waals surface area (Å²) in [5.41, 5.74) is 17.3. The van der Waals surface area contributed by atoms with Crippen LogP contribution in [0.5, 0.6) is 0 Å². The molecule has 242 valence electrons. The van der Waals surface area contributed by atoms with Crippen molar-refractivity contribution in [1.29, 1.82) is 0 Å². The predicted molar refractivity (Wildman–Crippen MR) is 216 cm³/mol. The second-order valence-electron chi connectivity index (χ2n) is 12.9. The van der Waals surface area contributed by atoms with Crippen LogP contribution in [0.2, 0.25) is 0 Å². The first-order chi connectivity index (χ1) is 25.2. The van der Waals surface area contributed by atoms with Crippen LogP contribution in [0.15, 0.2) is 207 Å². The minimum absolute atomic E-state index is 0.868. The van der Waals surface area contributed by atoms with Gasteiger partial charge in [0.05, 0.1) is 11.4 Å². The van der Waals surface area contributed by atoms with Gasteiger partial charge in [-0.3, -0.25) is 0 Å². The standard InChI is InChI=1S/C50H37N/c1-2-14-36-15-9-20-39(29-36)40-21-10-22-41(30-40)42-23-11-24-43(31-42)44-25-12-26-45(32-44)46-27-13-28-47(33-46)48-34-49(37-16-5-3-6-17-37)51-50(35-48)38-18-7-4-8-19-38/h2-13,15-35H,1,14H2. The Morgan fingerprint density at radius 1 is 0.314 bits per heavy atom. The molecule has 0 unspecified atom stereocenters. The second-order valence-corrected chi connectivity index (χ2v) is 12.9. The highest BCUT2D eigenvalue weighted by Crippen LogP contribution is 2.35. The lowest BCUT2D eigenvalue weighted by Crippen LogP contribution is -1.91. The molecule has 0 bridgehead atoms. The number of allylic oxidation sites excluding steroid dienone is 1. The van der Waals surface area contributed by atoms with E-state index in [2.05, 4.69) is 189 Å². The molecule has 0 atom stereocenters. The lowest BCUT2D eigenvalue weighted by atomic mass is 9.93. The van der Waals surface area contributed by atoms with Crippen LogP contribution in [0.3, 0.4) is 0 Å². The maximum atomic E-state index is 5.08. The van der Waals surface area contributed by atoms with Crippen molar-refractivity contribution in [3.8, 4) is 78.1 Å². The highest BCUT2D eigenvalue weighted by Gasteiger charge is 2.11. The zero-order valence-corrected chi connectivity index (χ0v) is 28.4. The van der Waals surface area contributed by atoms with Crippen molar-refractivity contribution in [3.05, 3.63) is 212 Å². The van der Waals surface area contributed by atoms with Crippen molar-refractivity contribution in [2.45, 2.75) is 6.42 Å². The summed E-state index contributed by atoms with van der Waals surface area (Å²) in [5, 5.41) is 0. The van der Waals surface area contributed by atoms with Gasteiger partial charge in [0.2, 0.25) is 0 Å². The Labute approximate surface area is 300 Å². The van der Waals surface area contributed by atoms with Crippen LogP contribution in [0, 0.1) is 0 Å². The number of hydrogen-bond acceptors (Lipinski definition) is 1. The summed E-state index contributed by atoms with van der Waals surface area (Å²) >= 11 is 0. The third-order valence-corrected chi connectivity index (χ3v) is 9.39. The summed E-state index contributed by atoms with van der Waals surface area (Å²) in [6.07, 6.45) is 2.82. The Bertz CT molecular complexity index is 2400. The van der Waals surface area contributed by atoms with Crippen molar-refractivity contribution >= 4 is 0 Å². The van der Waals surface area contributed by atoms with Gasteiger partial charge in [0.25, 0.3) is 0 Å². The van der Waals surface area contributed by atoms with E-state index in [4.69, 9.17) is 4.98 Å². The van der Waals surface area contributed by atoms with Crippen LogP contribution in [0.4, 0.5) is 0 Å². The summed E-state index contributed by atoms with van der Waals surface area (Å²) in [5.74, 6) is 0. The number of benzene rings is 7. The van der Waals surface area contributed by atoms with E-state index >= 15 is 0 Å². The molecular formula is C50H37N. The molecule has 7 aromatic carbocycles. The molecule has 0 saturated heterocycles. The Morgan fingerprint density at radius 3 is 1.00 bits per heavy atom. The molecule has 0 N–H and O–H groups in total. The molecule has 0 aliphatic heterocycles. The Kier molecular flexibility index (Phi) is 9.01. The van der Waals surface area contributed by atoms with E-state index in [0.717, 1.165) is 40.1 Å². The van der Waals surface area contributed by atoms with E-state index in [1.54, 1.807) is 0 Å². The highest BCUT2D eigenvalue weighted by molar-refractivity contribution is 5.82. The van der Waals surface area contributed by atoms with Gasteiger partial charge < -0.3 is 0 Å². The van der Waals surface area contributed by atoms with Gasteiger partial charge in [0.15, 0.2) is 0 Å². The quantitative estimate of drug-likeness (QED) is 0.142. The van der Waals surface area contributed by atoms with E-state index in [9.17, 15) is 0 Å². The summed E-state index contributed by atoms with van der Waals surface area (Å²) in [4.78, 5) is 5.08. The Morgan fingerprint density at radius 2 is 0.627 bits per heavy atom. The minimum Gasteiger partial charge on any atom is -0.248 e. The molecule has 1 nitrogen and oxygen atoms in total. The van der Waals surface area contributed by atoms with E-state index in [1.165, 1.54) is 50.1 Å². The third-order valence-electron chi connectivity index (χ3n) is 9.39. The largest absolute Gasteiger partial charge is 0.248 e. The number of hydrogen-bond donors (Lipinski definition) is 0. The molecule has 0 amide bonds. The average molecular weight is 652 g/mol. The monoisotopic (exact) mass is 651 g/mol. The van der Waals surface area contributed by atoms with Crippen molar-refractivity contribution in [1.82, 2.24) is 4.98 Å². The molecule has 0 saturated carbocycles. The number of pyridine rings is 1. The lowest BCUT2D eigenvalue weighted by Gasteiger charge is -2.12. The van der Waals surface area contributed by atoms with Crippen LogP contribution >= 0.6 is 0 Å². The molecule has 51 heavy (non-hydrogen) atoms. The zero-order chi connectivity index (χ0) is 34.4. The number of nitrogens with zero attached hydrogens (tertiary/aromatic N) is 1. The second kappa shape index (κ2) is 14.5. The van der Waals surface area contributed by atoms with Crippen molar-refractivity contribution in [3.63, 3.8) is 0 Å². The highest BCUT2D eigenvalue weighted by atomic mass is 14.7. The van der Waals surface area contributed by atoms with Gasteiger partial charge >= 0.3 is 0 Å². The summed E-state index contributed by atoms with van der Waals surface area (Å²) in [7, 11) is 0. The number of aromatic nitrogens is 1. The zero-order valence-electron chi connectivity index (χ0n) is 28.4. The SMILES string of the molecule is C=CCc1cccc(-c2cccc(-c3cccc(-c4cccc(-c5cccc(-c6cc(-c7ccccc7)nc(-c7ccccc7)c6)c5)c4)c3)c2)c1. The molecule has 1 heterocycles.